The third-order valence-corrected chi connectivity index (χ3v) is 7.81. The molecule has 2 aliphatic rings. The summed E-state index contributed by atoms with van der Waals surface area (Å²) in [6.07, 6.45) is 7.89. The van der Waals surface area contributed by atoms with Crippen molar-refractivity contribution in [3.63, 3.8) is 0 Å². The summed E-state index contributed by atoms with van der Waals surface area (Å²) >= 11 is 0. The number of aliphatic hydroxyl groups excluding tert-OH is 1. The molecule has 41 heavy (non-hydrogen) atoms. The van der Waals surface area contributed by atoms with Gasteiger partial charge in [0.2, 0.25) is 11.8 Å². The zero-order valence-corrected chi connectivity index (χ0v) is 23.5. The number of hydrogen-bond donors (Lipinski definition) is 3. The number of likely N-dealkylation sites (tertiary alicyclic amines) is 1. The maximum absolute atomic E-state index is 13.3. The summed E-state index contributed by atoms with van der Waals surface area (Å²) in [5, 5.41) is 24.5. The van der Waals surface area contributed by atoms with Crippen molar-refractivity contribution in [1.29, 1.82) is 0 Å². The molecule has 3 N–H and O–H groups in total. The molecule has 1 unspecified atom stereocenters. The topological polar surface area (TPSA) is 152 Å². The van der Waals surface area contributed by atoms with Crippen LogP contribution in [-0.4, -0.2) is 82.5 Å². The predicted octanol–water partition coefficient (Wildman–Crippen LogP) is 2.42. The first-order valence-electron chi connectivity index (χ1n) is 13.6. The van der Waals surface area contributed by atoms with Gasteiger partial charge in [0.15, 0.2) is 0 Å². The number of nitrogens with zero attached hydrogens (tertiary/aromatic N) is 7. The normalized spacial score (nSPS) is 18.2. The quantitative estimate of drug-likeness (QED) is 0.323. The number of pyridine rings is 1. The lowest BCUT2D eigenvalue weighted by Gasteiger charge is -2.30. The molecule has 13 nitrogen and oxygen atoms in total. The fourth-order valence-electron chi connectivity index (χ4n) is 5.49. The van der Waals surface area contributed by atoms with E-state index in [-0.39, 0.29) is 24.0 Å². The second kappa shape index (κ2) is 10.2. The summed E-state index contributed by atoms with van der Waals surface area (Å²) in [6, 6.07) is 1.71. The fraction of sp³-hybridized carbons (Fsp3) is 0.429. The number of amides is 2. The van der Waals surface area contributed by atoms with Crippen LogP contribution in [-0.2, 0) is 11.3 Å². The van der Waals surface area contributed by atoms with Gasteiger partial charge in [0.25, 0.3) is 5.91 Å². The molecule has 6 rings (SSSR count). The average molecular weight is 560 g/mol. The number of aliphatic hydroxyl groups is 1. The van der Waals surface area contributed by atoms with E-state index in [0.717, 1.165) is 19.4 Å². The van der Waals surface area contributed by atoms with Crippen LogP contribution in [0.5, 0.6) is 5.88 Å². The van der Waals surface area contributed by atoms with Crippen LogP contribution < -0.4 is 15.4 Å². The second-order valence-corrected chi connectivity index (χ2v) is 11.3. The molecular weight excluding hydrogens is 526 g/mol. The van der Waals surface area contributed by atoms with Crippen molar-refractivity contribution >= 4 is 28.7 Å². The number of nitrogens with one attached hydrogen (secondary N) is 2. The molecule has 4 aromatic rings. The Morgan fingerprint density at radius 1 is 1.15 bits per heavy atom. The van der Waals surface area contributed by atoms with E-state index in [4.69, 9.17) is 4.74 Å². The fourth-order valence-corrected chi connectivity index (χ4v) is 5.49. The van der Waals surface area contributed by atoms with Crippen LogP contribution in [0.1, 0.15) is 48.4 Å². The van der Waals surface area contributed by atoms with Crippen molar-refractivity contribution in [1.82, 2.24) is 34.3 Å². The van der Waals surface area contributed by atoms with Gasteiger partial charge in [-0.15, -0.1) is 0 Å². The van der Waals surface area contributed by atoms with E-state index in [1.165, 1.54) is 6.20 Å². The van der Waals surface area contributed by atoms with Crippen molar-refractivity contribution in [3.05, 3.63) is 47.8 Å². The van der Waals surface area contributed by atoms with Crippen LogP contribution in [0.3, 0.4) is 0 Å². The highest BCUT2D eigenvalue weighted by Crippen LogP contribution is 2.34. The summed E-state index contributed by atoms with van der Waals surface area (Å²) in [4.78, 5) is 37.1. The SMILES string of the molecule is Cc1ncc(NC(=O)CN2CCCC2(C)C)cc1NC(=O)c1cnn2cc(-c3c(C)nn4c3OCC(O)C4)ncc12. The van der Waals surface area contributed by atoms with Gasteiger partial charge in [0.1, 0.15) is 12.7 Å². The molecule has 1 saturated heterocycles. The molecule has 4 aromatic heterocycles. The Kier molecular flexibility index (Phi) is 6.70. The number of aromatic nitrogens is 6. The average Bonchev–Trinajstić information content (AvgIpc) is 3.59. The zero-order valence-electron chi connectivity index (χ0n) is 23.5. The Morgan fingerprint density at radius 2 is 1.98 bits per heavy atom. The third-order valence-electron chi connectivity index (χ3n) is 7.81. The van der Waals surface area contributed by atoms with E-state index in [2.05, 4.69) is 49.5 Å². The minimum absolute atomic E-state index is 0.000587. The number of carbonyl (C=O) groups excluding carboxylic acids is 2. The van der Waals surface area contributed by atoms with Crippen LogP contribution in [0.15, 0.2) is 30.9 Å². The standard InChI is InChI=1S/C28H33N9O4/c1-16-21(8-18(9-29-16)32-24(39)14-35-7-5-6-28(35,3)4)33-26(40)20-10-31-36-13-22(30-11-23(20)36)25-17(2)34-37-12-19(38)15-41-27(25)37/h8-11,13,19,38H,5-7,12,14-15H2,1-4H3,(H,32,39)(H,33,40). The van der Waals surface area contributed by atoms with Gasteiger partial charge in [0, 0.05) is 5.54 Å². The molecule has 13 heteroatoms. The van der Waals surface area contributed by atoms with Crippen LogP contribution in [0.4, 0.5) is 11.4 Å². The Labute approximate surface area is 236 Å². The number of ether oxygens (including phenoxy) is 1. The molecule has 1 fully saturated rings. The van der Waals surface area contributed by atoms with Crippen molar-refractivity contribution in [2.75, 3.05) is 30.3 Å². The molecule has 0 spiro atoms. The number of carbonyl (C=O) groups is 2. The third kappa shape index (κ3) is 5.13. The van der Waals surface area contributed by atoms with E-state index >= 15 is 0 Å². The highest BCUT2D eigenvalue weighted by molar-refractivity contribution is 6.09. The Bertz CT molecular complexity index is 1660. The van der Waals surface area contributed by atoms with Gasteiger partial charge in [-0.1, -0.05) is 0 Å². The summed E-state index contributed by atoms with van der Waals surface area (Å²) in [6.45, 7) is 9.66. The number of aryl methyl sites for hydroxylation is 2. The van der Waals surface area contributed by atoms with E-state index in [9.17, 15) is 14.7 Å². The maximum Gasteiger partial charge on any atom is 0.259 e. The first-order valence-corrected chi connectivity index (χ1v) is 13.6. The van der Waals surface area contributed by atoms with Crippen LogP contribution in [0.25, 0.3) is 16.8 Å². The van der Waals surface area contributed by atoms with Crippen LogP contribution in [0, 0.1) is 13.8 Å². The molecule has 0 saturated carbocycles. The van der Waals surface area contributed by atoms with Crippen molar-refractivity contribution in [3.8, 4) is 17.1 Å². The summed E-state index contributed by atoms with van der Waals surface area (Å²) in [5.74, 6) is 0.0472. The molecule has 6 heterocycles. The lowest BCUT2D eigenvalue weighted by molar-refractivity contribution is -0.118. The molecule has 214 valence electrons. The minimum atomic E-state index is -0.615. The second-order valence-electron chi connectivity index (χ2n) is 11.3. The van der Waals surface area contributed by atoms with Gasteiger partial charge in [-0.3, -0.25) is 24.5 Å². The summed E-state index contributed by atoms with van der Waals surface area (Å²) < 4.78 is 8.95. The molecule has 0 radical (unpaired) electrons. The lowest BCUT2D eigenvalue weighted by atomic mass is 10.0. The van der Waals surface area contributed by atoms with Gasteiger partial charge < -0.3 is 20.5 Å². The molecule has 0 aliphatic carbocycles. The highest BCUT2D eigenvalue weighted by Gasteiger charge is 2.33. The van der Waals surface area contributed by atoms with Gasteiger partial charge in [-0.05, 0) is 53.1 Å². The molecule has 1 atom stereocenters. The van der Waals surface area contributed by atoms with Crippen molar-refractivity contribution in [2.24, 2.45) is 0 Å². The highest BCUT2D eigenvalue weighted by atomic mass is 16.5. The van der Waals surface area contributed by atoms with E-state index in [1.807, 2.05) is 6.92 Å². The van der Waals surface area contributed by atoms with E-state index in [0.29, 0.717) is 64.1 Å². The monoisotopic (exact) mass is 559 g/mol. The van der Waals surface area contributed by atoms with Gasteiger partial charge in [-0.2, -0.15) is 10.2 Å². The Morgan fingerprint density at radius 3 is 2.76 bits per heavy atom. The van der Waals surface area contributed by atoms with Crippen LogP contribution >= 0.6 is 0 Å². The lowest BCUT2D eigenvalue weighted by Crippen LogP contribution is -2.42. The largest absolute Gasteiger partial charge is 0.475 e. The molecular formula is C28H33N9O4. The minimum Gasteiger partial charge on any atom is -0.475 e. The summed E-state index contributed by atoms with van der Waals surface area (Å²) in [7, 11) is 0. The van der Waals surface area contributed by atoms with Crippen molar-refractivity contribution in [2.45, 2.75) is 58.7 Å². The number of rotatable bonds is 6. The van der Waals surface area contributed by atoms with Gasteiger partial charge >= 0.3 is 0 Å². The van der Waals surface area contributed by atoms with Gasteiger partial charge in [-0.25, -0.2) is 9.20 Å². The first kappa shape index (κ1) is 26.8. The van der Waals surface area contributed by atoms with Crippen molar-refractivity contribution < 1.29 is 19.4 Å². The molecule has 2 amide bonds. The van der Waals surface area contributed by atoms with E-state index in [1.54, 1.807) is 40.8 Å². The first-order chi connectivity index (χ1) is 19.6. The molecule has 0 bridgehead atoms. The number of hydrogen-bond acceptors (Lipinski definition) is 9. The maximum atomic E-state index is 13.3. The van der Waals surface area contributed by atoms with Crippen LogP contribution in [0.2, 0.25) is 0 Å². The Hall–Kier alpha value is -4.36. The van der Waals surface area contributed by atoms with Gasteiger partial charge in [0.05, 0.1) is 83.0 Å². The molecule has 0 aromatic carbocycles. The number of anilines is 2. The smallest absolute Gasteiger partial charge is 0.259 e. The summed E-state index contributed by atoms with van der Waals surface area (Å²) in [5.41, 5.74) is 4.48. The Balaban J connectivity index is 1.19. The zero-order chi connectivity index (χ0) is 28.9. The molecule has 2 aliphatic heterocycles. The predicted molar refractivity (Wildman–Crippen MR) is 151 cm³/mol. The van der Waals surface area contributed by atoms with E-state index < -0.39 is 6.10 Å². The number of fused-ring (bicyclic) bond motifs is 2.